The maximum Gasteiger partial charge on any atom is 0.237 e. The smallest absolute Gasteiger partial charge is 0.237 e. The average molecular weight is 267 g/mol. The summed E-state index contributed by atoms with van der Waals surface area (Å²) in [7, 11) is 0. The normalized spacial score (nSPS) is 20.8. The van der Waals surface area contributed by atoms with Crippen molar-refractivity contribution in [2.24, 2.45) is 5.73 Å². The van der Waals surface area contributed by atoms with Crippen molar-refractivity contribution in [2.75, 3.05) is 13.1 Å². The Kier molecular flexibility index (Phi) is 5.19. The Morgan fingerprint density at radius 3 is 2.21 bits per heavy atom. The molecule has 0 heterocycles. The largest absolute Gasteiger partial charge is 0.368 e. The zero-order valence-electron chi connectivity index (χ0n) is 11.6. The van der Waals surface area contributed by atoms with E-state index in [-0.39, 0.29) is 18.5 Å². The summed E-state index contributed by atoms with van der Waals surface area (Å²) in [6.07, 6.45) is 9.11. The van der Waals surface area contributed by atoms with Gasteiger partial charge >= 0.3 is 0 Å². The van der Waals surface area contributed by atoms with Crippen molar-refractivity contribution in [1.29, 1.82) is 0 Å². The molecule has 0 aliphatic heterocycles. The Balaban J connectivity index is 1.84. The molecular formula is C14H25N3O2. The second-order valence-corrected chi connectivity index (χ2v) is 5.79. The molecule has 5 nitrogen and oxygen atoms in total. The van der Waals surface area contributed by atoms with Crippen LogP contribution in [0.1, 0.15) is 51.4 Å². The lowest BCUT2D eigenvalue weighted by Crippen LogP contribution is -2.48. The molecular weight excluding hydrogens is 242 g/mol. The van der Waals surface area contributed by atoms with Crippen LogP contribution in [0.2, 0.25) is 0 Å². The Morgan fingerprint density at radius 2 is 1.63 bits per heavy atom. The third kappa shape index (κ3) is 4.20. The summed E-state index contributed by atoms with van der Waals surface area (Å²) >= 11 is 0. The van der Waals surface area contributed by atoms with Gasteiger partial charge < -0.3 is 16.0 Å². The molecule has 0 radical (unpaired) electrons. The fraction of sp³-hybridized carbons (Fsp3) is 0.857. The number of primary amides is 1. The highest BCUT2D eigenvalue weighted by atomic mass is 16.2. The summed E-state index contributed by atoms with van der Waals surface area (Å²) in [5.74, 6) is -0.390. The van der Waals surface area contributed by atoms with E-state index in [2.05, 4.69) is 5.32 Å². The summed E-state index contributed by atoms with van der Waals surface area (Å²) in [5.41, 5.74) is 5.26. The van der Waals surface area contributed by atoms with Crippen molar-refractivity contribution in [3.63, 3.8) is 0 Å². The average Bonchev–Trinajstić information content (AvgIpc) is 3.05. The van der Waals surface area contributed by atoms with Gasteiger partial charge in [-0.3, -0.25) is 9.59 Å². The Hall–Kier alpha value is -1.10. The van der Waals surface area contributed by atoms with Gasteiger partial charge in [-0.25, -0.2) is 0 Å². The predicted molar refractivity (Wildman–Crippen MR) is 73.4 cm³/mol. The van der Waals surface area contributed by atoms with E-state index in [0.717, 1.165) is 38.5 Å². The van der Waals surface area contributed by atoms with Crippen molar-refractivity contribution in [1.82, 2.24) is 10.2 Å². The molecule has 3 N–H and O–H groups in total. The van der Waals surface area contributed by atoms with Crippen LogP contribution in [0, 0.1) is 0 Å². The number of rotatable bonds is 6. The van der Waals surface area contributed by atoms with E-state index in [1.54, 1.807) is 4.90 Å². The van der Waals surface area contributed by atoms with Crippen molar-refractivity contribution in [2.45, 2.75) is 63.5 Å². The summed E-state index contributed by atoms with van der Waals surface area (Å²) in [5, 5.41) is 3.32. The van der Waals surface area contributed by atoms with Crippen molar-refractivity contribution >= 4 is 11.8 Å². The van der Waals surface area contributed by atoms with E-state index in [1.165, 1.54) is 12.8 Å². The van der Waals surface area contributed by atoms with E-state index < -0.39 is 5.91 Å². The maximum absolute atomic E-state index is 12.3. The summed E-state index contributed by atoms with van der Waals surface area (Å²) in [6.45, 7) is 0.407. The van der Waals surface area contributed by atoms with Crippen LogP contribution in [0.5, 0.6) is 0 Å². The van der Waals surface area contributed by atoms with E-state index >= 15 is 0 Å². The quantitative estimate of drug-likeness (QED) is 0.746. The lowest BCUT2D eigenvalue weighted by Gasteiger charge is -2.28. The van der Waals surface area contributed by atoms with Crippen LogP contribution < -0.4 is 11.1 Å². The summed E-state index contributed by atoms with van der Waals surface area (Å²) < 4.78 is 0. The van der Waals surface area contributed by atoms with Crippen LogP contribution in [-0.2, 0) is 9.59 Å². The number of nitrogens with one attached hydrogen (secondary N) is 1. The van der Waals surface area contributed by atoms with Gasteiger partial charge in [0.1, 0.15) is 0 Å². The predicted octanol–water partition coefficient (Wildman–Crippen LogP) is 0.775. The highest BCUT2D eigenvalue weighted by molar-refractivity contribution is 5.85. The molecule has 0 unspecified atom stereocenters. The molecule has 2 saturated carbocycles. The summed E-state index contributed by atoms with van der Waals surface area (Å²) in [4.78, 5) is 25.1. The third-order valence-corrected chi connectivity index (χ3v) is 4.31. The molecule has 5 heteroatoms. The second kappa shape index (κ2) is 6.89. The van der Waals surface area contributed by atoms with E-state index in [1.807, 2.05) is 0 Å². The SMILES string of the molecule is NC(=O)CN(C(=O)CNC1CCCC1)C1CCCC1. The van der Waals surface area contributed by atoms with Gasteiger partial charge in [0.15, 0.2) is 0 Å². The van der Waals surface area contributed by atoms with E-state index in [9.17, 15) is 9.59 Å². The maximum atomic E-state index is 12.3. The molecule has 19 heavy (non-hydrogen) atoms. The van der Waals surface area contributed by atoms with Gasteiger partial charge in [-0.05, 0) is 25.7 Å². The van der Waals surface area contributed by atoms with Gasteiger partial charge in [0.2, 0.25) is 11.8 Å². The van der Waals surface area contributed by atoms with Crippen LogP contribution in [0.3, 0.4) is 0 Å². The Morgan fingerprint density at radius 1 is 1.05 bits per heavy atom. The minimum absolute atomic E-state index is 0.0256. The van der Waals surface area contributed by atoms with Gasteiger partial charge in [-0.15, -0.1) is 0 Å². The lowest BCUT2D eigenvalue weighted by atomic mass is 10.2. The Labute approximate surface area is 114 Å². The molecule has 2 rings (SSSR count). The number of nitrogens with two attached hydrogens (primary N) is 1. The number of hydrogen-bond donors (Lipinski definition) is 2. The van der Waals surface area contributed by atoms with Crippen LogP contribution in [0.25, 0.3) is 0 Å². The molecule has 2 aliphatic rings. The standard InChI is InChI=1S/C14H25N3O2/c15-13(18)10-17(12-7-3-4-8-12)14(19)9-16-11-5-1-2-6-11/h11-12,16H,1-10H2,(H2,15,18). The monoisotopic (exact) mass is 267 g/mol. The molecule has 2 amide bonds. The van der Waals surface area contributed by atoms with E-state index in [4.69, 9.17) is 5.73 Å². The molecule has 0 spiro atoms. The molecule has 2 fully saturated rings. The number of carbonyl (C=O) groups is 2. The minimum Gasteiger partial charge on any atom is -0.368 e. The van der Waals surface area contributed by atoms with Gasteiger partial charge in [0, 0.05) is 12.1 Å². The zero-order chi connectivity index (χ0) is 13.7. The van der Waals surface area contributed by atoms with Crippen molar-refractivity contribution in [3.05, 3.63) is 0 Å². The third-order valence-electron chi connectivity index (χ3n) is 4.31. The van der Waals surface area contributed by atoms with Gasteiger partial charge in [-0.2, -0.15) is 0 Å². The van der Waals surface area contributed by atoms with Crippen LogP contribution in [0.15, 0.2) is 0 Å². The van der Waals surface area contributed by atoms with Crippen LogP contribution in [0.4, 0.5) is 0 Å². The Bertz CT molecular complexity index is 321. The van der Waals surface area contributed by atoms with E-state index in [0.29, 0.717) is 12.6 Å². The molecule has 0 aromatic rings. The van der Waals surface area contributed by atoms with Gasteiger partial charge in [-0.1, -0.05) is 25.7 Å². The van der Waals surface area contributed by atoms with Gasteiger partial charge in [0.05, 0.1) is 13.1 Å². The van der Waals surface area contributed by atoms with Crippen molar-refractivity contribution < 1.29 is 9.59 Å². The van der Waals surface area contributed by atoms with Crippen LogP contribution in [-0.4, -0.2) is 41.9 Å². The first kappa shape index (κ1) is 14.3. The molecule has 0 atom stereocenters. The molecule has 2 aliphatic carbocycles. The number of carbonyl (C=O) groups excluding carboxylic acids is 2. The van der Waals surface area contributed by atoms with Crippen molar-refractivity contribution in [3.8, 4) is 0 Å². The fourth-order valence-electron chi connectivity index (χ4n) is 3.27. The molecule has 0 aromatic carbocycles. The summed E-state index contributed by atoms with van der Waals surface area (Å²) in [6, 6.07) is 0.688. The minimum atomic E-state index is -0.416. The molecule has 0 aromatic heterocycles. The van der Waals surface area contributed by atoms with Gasteiger partial charge in [0.25, 0.3) is 0 Å². The first-order chi connectivity index (χ1) is 9.16. The highest BCUT2D eigenvalue weighted by Gasteiger charge is 2.28. The molecule has 0 bridgehead atoms. The first-order valence-electron chi connectivity index (χ1n) is 7.48. The fourth-order valence-corrected chi connectivity index (χ4v) is 3.27. The van der Waals surface area contributed by atoms with Crippen LogP contribution >= 0.6 is 0 Å². The second-order valence-electron chi connectivity index (χ2n) is 5.79. The molecule has 108 valence electrons. The number of hydrogen-bond acceptors (Lipinski definition) is 3. The molecule has 0 saturated heterocycles. The lowest BCUT2D eigenvalue weighted by molar-refractivity contribution is -0.136. The highest BCUT2D eigenvalue weighted by Crippen LogP contribution is 2.23. The number of amides is 2. The zero-order valence-corrected chi connectivity index (χ0v) is 11.6. The topological polar surface area (TPSA) is 75.4 Å². The first-order valence-corrected chi connectivity index (χ1v) is 7.48. The number of nitrogens with zero attached hydrogens (tertiary/aromatic N) is 1.